The van der Waals surface area contributed by atoms with Crippen LogP contribution in [-0.2, 0) is 60.2 Å². The highest BCUT2D eigenvalue weighted by molar-refractivity contribution is 8.00. The van der Waals surface area contributed by atoms with Gasteiger partial charge in [-0.2, -0.15) is 0 Å². The normalized spacial score (nSPS) is 16.2. The van der Waals surface area contributed by atoms with Crippen LogP contribution in [0.5, 0.6) is 5.75 Å². The second-order valence-corrected chi connectivity index (χ2v) is 38.8. The summed E-state index contributed by atoms with van der Waals surface area (Å²) >= 11 is 3.91. The minimum Gasteiger partial charge on any atom is -0.483 e. The standard InChI is InChI=1S/C19H13NS.2C18H17N.2C16H14N2.C15H13NO.C15H13NS/c1-20-16-8-4-2-6-12(16)14-10-11-15-13-7-3-5-9-17(13)21-19(15)18(14)20;1-18(2)14-10-6-4-8-12(14)17-16(18)13-9-5-7-11-15(13)19(17)3;1-18(2)14-10-6-4-8-12(14)16-13-9-5-7-11-15(13)19(3)17(16)18;1-17-13-9-5-3-7-11(13)16-15(17)12-8-4-6-10-14(12)18(16)2;1-17-13-9-5-3-7-11(13)15-12-8-4-6-10-14(12)18(2)16(15)17;2*1-16-12-8-4-2-6-10(12)15-14(16)11-7-3-5-9-13(11)17-15/h2-11H,1H3;2*4-11H,1-3H3;2*3-10H,1-2H3;2*2-9,14-15H,1H3. The Kier molecular flexibility index (Phi) is 18.8. The first-order valence-electron chi connectivity index (χ1n) is 45.0. The first kappa shape index (κ1) is 79.5. The number of thioether (sulfide) groups is 1. The van der Waals surface area contributed by atoms with Crippen molar-refractivity contribution in [1.82, 2.24) is 32.0 Å². The number of nitrogens with zero attached hydrogens (tertiary/aromatic N) is 9. The van der Waals surface area contributed by atoms with Crippen LogP contribution in [0, 0.1) is 0 Å². The molecule has 12 heterocycles. The van der Waals surface area contributed by atoms with Gasteiger partial charge in [0.25, 0.3) is 0 Å². The number of rotatable bonds is 0. The Morgan fingerprint density at radius 2 is 0.713 bits per heavy atom. The van der Waals surface area contributed by atoms with Crippen molar-refractivity contribution in [2.45, 2.75) is 66.9 Å². The average Bonchev–Trinajstić information content (AvgIpc) is 1.51. The second-order valence-electron chi connectivity index (χ2n) is 36.5. The topological polar surface area (TPSA) is 50.2 Å². The number of thiophene rings is 1. The Bertz CT molecular complexity index is 8200. The predicted molar refractivity (Wildman–Crippen MR) is 548 cm³/mol. The highest BCUT2D eigenvalue weighted by Crippen LogP contribution is 2.63. The third kappa shape index (κ3) is 12.0. The smallest absolute Gasteiger partial charge is 0.150 e. The second kappa shape index (κ2) is 30.5. The molecule has 0 fully saturated rings. The predicted octanol–water partition coefficient (Wildman–Crippen LogP) is 29.7. The summed E-state index contributed by atoms with van der Waals surface area (Å²) in [5.41, 5.74) is 34.3. The molecular formula is C117H101N9OS2. The third-order valence-corrected chi connectivity index (χ3v) is 31.7. The van der Waals surface area contributed by atoms with Gasteiger partial charge in [0, 0.05) is 199 Å². The van der Waals surface area contributed by atoms with E-state index in [1.165, 1.54) is 213 Å². The molecule has 10 nitrogen and oxygen atoms in total. The van der Waals surface area contributed by atoms with Crippen LogP contribution in [0.3, 0.4) is 0 Å². The summed E-state index contributed by atoms with van der Waals surface area (Å²) in [6.45, 7) is 9.33. The maximum Gasteiger partial charge on any atom is 0.150 e. The lowest BCUT2D eigenvalue weighted by Crippen LogP contribution is -2.19. The molecule has 0 radical (unpaired) electrons. The lowest BCUT2D eigenvalue weighted by molar-refractivity contribution is 0.221. The number of likely N-dealkylation sites (N-methyl/N-ethyl adjacent to an activating group) is 2. The Morgan fingerprint density at radius 1 is 0.295 bits per heavy atom. The van der Waals surface area contributed by atoms with Crippen molar-refractivity contribution in [2.75, 3.05) is 23.9 Å². The molecule has 6 aliphatic rings. The van der Waals surface area contributed by atoms with Crippen LogP contribution in [0.1, 0.15) is 95.8 Å². The molecular weight excluding hydrogens is 1610 g/mol. The molecule has 632 valence electrons. The zero-order chi connectivity index (χ0) is 87.7. The van der Waals surface area contributed by atoms with Gasteiger partial charge < -0.3 is 46.5 Å². The minimum atomic E-state index is 0.0830. The van der Waals surface area contributed by atoms with Crippen molar-refractivity contribution in [3.05, 3.63) is 396 Å². The third-order valence-electron chi connectivity index (χ3n) is 29.1. The van der Waals surface area contributed by atoms with Crippen LogP contribution in [0.2, 0.25) is 0 Å². The Balaban J connectivity index is 0.0000000860. The van der Waals surface area contributed by atoms with Gasteiger partial charge in [-0.1, -0.05) is 307 Å². The number of fused-ring (bicyclic) bond motifs is 37. The number of anilines is 2. The average molecular weight is 1710 g/mol. The van der Waals surface area contributed by atoms with Crippen molar-refractivity contribution >= 4 is 164 Å². The van der Waals surface area contributed by atoms with Gasteiger partial charge in [0.1, 0.15) is 11.4 Å². The lowest BCUT2D eigenvalue weighted by Gasteiger charge is -2.22. The van der Waals surface area contributed by atoms with E-state index >= 15 is 0 Å². The van der Waals surface area contributed by atoms with E-state index in [0.717, 1.165) is 5.75 Å². The van der Waals surface area contributed by atoms with Gasteiger partial charge in [0.15, 0.2) is 6.10 Å². The van der Waals surface area contributed by atoms with Gasteiger partial charge in [-0.05, 0) is 106 Å². The van der Waals surface area contributed by atoms with Crippen molar-refractivity contribution in [2.24, 2.45) is 49.3 Å². The number of aryl methyl sites for hydroxylation is 7. The summed E-state index contributed by atoms with van der Waals surface area (Å²) in [6, 6.07) is 127. The molecule has 4 aliphatic heterocycles. The summed E-state index contributed by atoms with van der Waals surface area (Å²) in [4.78, 5) is 6.20. The minimum absolute atomic E-state index is 0.0830. The van der Waals surface area contributed by atoms with Crippen LogP contribution in [0.25, 0.3) is 152 Å². The van der Waals surface area contributed by atoms with Gasteiger partial charge in [-0.3, -0.25) is 0 Å². The van der Waals surface area contributed by atoms with Crippen LogP contribution < -0.4 is 14.5 Å². The van der Waals surface area contributed by atoms with Gasteiger partial charge in [-0.25, -0.2) is 0 Å². The molecule has 4 unspecified atom stereocenters. The largest absolute Gasteiger partial charge is 0.483 e. The maximum atomic E-state index is 6.09. The van der Waals surface area contributed by atoms with Crippen LogP contribution in [0.15, 0.2) is 357 Å². The molecule has 0 saturated carbocycles. The molecule has 2 aliphatic carbocycles. The fourth-order valence-electron chi connectivity index (χ4n) is 23.2. The Morgan fingerprint density at radius 3 is 1.33 bits per heavy atom. The summed E-state index contributed by atoms with van der Waals surface area (Å²) in [6.07, 6.45) is 0.161. The van der Waals surface area contributed by atoms with Gasteiger partial charge >= 0.3 is 0 Å². The molecule has 4 atom stereocenters. The first-order chi connectivity index (χ1) is 62.9. The van der Waals surface area contributed by atoms with E-state index in [-0.39, 0.29) is 16.9 Å². The van der Waals surface area contributed by atoms with E-state index in [0.29, 0.717) is 17.3 Å². The first-order valence-corrected chi connectivity index (χ1v) is 46.7. The molecule has 0 saturated heterocycles. The van der Waals surface area contributed by atoms with Gasteiger partial charge in [-0.15, -0.1) is 23.1 Å². The molecule has 23 aromatic rings. The van der Waals surface area contributed by atoms with Crippen molar-refractivity contribution in [3.63, 3.8) is 0 Å². The van der Waals surface area contributed by atoms with E-state index in [1.807, 2.05) is 29.2 Å². The fraction of sp³-hybridized carbons (Fsp3) is 0.162. The Hall–Kier alpha value is -14.2. The van der Waals surface area contributed by atoms with E-state index in [2.05, 4.69) is 479 Å². The summed E-state index contributed by atoms with van der Waals surface area (Å²) < 4.78 is 25.1. The number of ether oxygens (including phenoxy) is 1. The fourth-order valence-corrected chi connectivity index (χ4v) is 26.1. The summed E-state index contributed by atoms with van der Waals surface area (Å²) in [5.74, 6) is 1.03. The zero-order valence-corrected chi connectivity index (χ0v) is 76.7. The van der Waals surface area contributed by atoms with Gasteiger partial charge in [0.05, 0.1) is 66.3 Å². The molecule has 29 rings (SSSR count). The molecule has 8 aromatic heterocycles. The molecule has 0 N–H and O–H groups in total. The van der Waals surface area contributed by atoms with Crippen LogP contribution >= 0.6 is 23.1 Å². The van der Waals surface area contributed by atoms with E-state index < -0.39 is 0 Å². The highest BCUT2D eigenvalue weighted by atomic mass is 32.2. The monoisotopic (exact) mass is 1710 g/mol. The van der Waals surface area contributed by atoms with Crippen molar-refractivity contribution < 1.29 is 4.74 Å². The summed E-state index contributed by atoms with van der Waals surface area (Å²) in [5, 5.41) is 15.5. The Labute approximate surface area is 759 Å². The number of benzene rings is 15. The number of aromatic nitrogens is 7. The maximum absolute atomic E-state index is 6.09. The van der Waals surface area contributed by atoms with Crippen LogP contribution in [-0.4, -0.2) is 46.1 Å². The molecule has 0 amide bonds. The highest BCUT2D eigenvalue weighted by Gasteiger charge is 2.47. The van der Waals surface area contributed by atoms with E-state index in [1.54, 1.807) is 0 Å². The van der Waals surface area contributed by atoms with Crippen LogP contribution in [0.4, 0.5) is 11.4 Å². The van der Waals surface area contributed by atoms with E-state index in [9.17, 15) is 0 Å². The number of hydrogen-bond acceptors (Lipinski definition) is 5. The molecule has 129 heavy (non-hydrogen) atoms. The molecule has 0 bridgehead atoms. The summed E-state index contributed by atoms with van der Waals surface area (Å²) in [7, 11) is 19.5. The molecule has 0 spiro atoms. The molecule has 12 heteroatoms. The van der Waals surface area contributed by atoms with Crippen molar-refractivity contribution in [3.8, 4) is 28.1 Å². The number of para-hydroxylation sites is 10. The molecule has 15 aromatic carbocycles. The van der Waals surface area contributed by atoms with E-state index in [4.69, 9.17) is 4.74 Å². The van der Waals surface area contributed by atoms with Crippen molar-refractivity contribution in [1.29, 1.82) is 0 Å². The van der Waals surface area contributed by atoms with Gasteiger partial charge in [0.2, 0.25) is 0 Å². The SMILES string of the molecule is CN1c2ccccc2C2Oc3ccccc3C21.CN1c2ccccc2C2Sc3ccccc3C21.Cn1c2c(c3ccccc31)-c1ccccc1C2(C)C.Cn1c2c(c3ccccc31)C(C)(C)c1ccccc1-2.Cn1c2ccccc2c2c1c1ccccc1n2C.Cn1c2ccccc2c2c3ccccc3n(C)c21.Cn1c2ccccc2c2ccc3c4ccccc4sc3c21. The number of hydrogen-bond donors (Lipinski definition) is 0. The quantitative estimate of drug-likeness (QED) is 0.152. The lowest BCUT2D eigenvalue weighted by atomic mass is 9.81. The zero-order valence-electron chi connectivity index (χ0n) is 75.0.